The highest BCUT2D eigenvalue weighted by molar-refractivity contribution is 6.43. The van der Waals surface area contributed by atoms with Crippen molar-refractivity contribution in [2.75, 3.05) is 5.32 Å². The van der Waals surface area contributed by atoms with Crippen LogP contribution in [0.4, 0.5) is 5.69 Å². The van der Waals surface area contributed by atoms with Gasteiger partial charge >= 0.3 is 0 Å². The second-order valence-corrected chi connectivity index (χ2v) is 5.05. The SMILES string of the molecule is Cc1c(CNc2cccc(Cl)c2Cl)cc(C#N)n1C. The van der Waals surface area contributed by atoms with Crippen molar-refractivity contribution in [3.8, 4) is 6.07 Å². The van der Waals surface area contributed by atoms with Gasteiger partial charge in [-0.1, -0.05) is 29.3 Å². The fraction of sp³-hybridized carbons (Fsp3) is 0.214. The maximum Gasteiger partial charge on any atom is 0.120 e. The van der Waals surface area contributed by atoms with Gasteiger partial charge in [-0.3, -0.25) is 0 Å². The molecule has 1 N–H and O–H groups in total. The summed E-state index contributed by atoms with van der Waals surface area (Å²) in [6, 6.07) is 9.50. The summed E-state index contributed by atoms with van der Waals surface area (Å²) in [6.45, 7) is 2.58. The Balaban J connectivity index is 2.20. The van der Waals surface area contributed by atoms with E-state index in [2.05, 4.69) is 11.4 Å². The van der Waals surface area contributed by atoms with Gasteiger partial charge in [-0.2, -0.15) is 5.26 Å². The highest BCUT2D eigenvalue weighted by atomic mass is 35.5. The van der Waals surface area contributed by atoms with Crippen molar-refractivity contribution in [1.29, 1.82) is 5.26 Å². The predicted octanol–water partition coefficient (Wildman–Crippen LogP) is 4.12. The zero-order chi connectivity index (χ0) is 14.0. The lowest BCUT2D eigenvalue weighted by atomic mass is 10.2. The van der Waals surface area contributed by atoms with Crippen molar-refractivity contribution in [3.05, 3.63) is 51.3 Å². The van der Waals surface area contributed by atoms with Crippen LogP contribution in [0.2, 0.25) is 10.0 Å². The molecule has 0 aliphatic heterocycles. The molecule has 2 aromatic rings. The molecule has 2 rings (SSSR count). The second-order valence-electron chi connectivity index (χ2n) is 4.27. The second kappa shape index (κ2) is 5.56. The molecule has 0 fully saturated rings. The van der Waals surface area contributed by atoms with Crippen LogP contribution in [0.15, 0.2) is 24.3 Å². The number of aromatic nitrogens is 1. The van der Waals surface area contributed by atoms with Crippen LogP contribution < -0.4 is 5.32 Å². The smallest absolute Gasteiger partial charge is 0.120 e. The minimum absolute atomic E-state index is 0.512. The number of rotatable bonds is 3. The van der Waals surface area contributed by atoms with Gasteiger partial charge in [-0.25, -0.2) is 0 Å². The molecule has 19 heavy (non-hydrogen) atoms. The summed E-state index contributed by atoms with van der Waals surface area (Å²) >= 11 is 12.1. The van der Waals surface area contributed by atoms with Crippen LogP contribution in [0.25, 0.3) is 0 Å². The Bertz CT molecular complexity index is 653. The van der Waals surface area contributed by atoms with Crippen LogP contribution in [0, 0.1) is 18.3 Å². The summed E-state index contributed by atoms with van der Waals surface area (Å²) in [4.78, 5) is 0. The average Bonchev–Trinajstić information content (AvgIpc) is 2.68. The summed E-state index contributed by atoms with van der Waals surface area (Å²) < 4.78 is 1.87. The van der Waals surface area contributed by atoms with Crippen LogP contribution in [-0.4, -0.2) is 4.57 Å². The third-order valence-corrected chi connectivity index (χ3v) is 3.99. The fourth-order valence-corrected chi connectivity index (χ4v) is 2.25. The molecule has 98 valence electrons. The summed E-state index contributed by atoms with van der Waals surface area (Å²) in [5.41, 5.74) is 3.56. The molecule has 3 nitrogen and oxygen atoms in total. The molecule has 0 atom stereocenters. The zero-order valence-corrected chi connectivity index (χ0v) is 12.2. The lowest BCUT2D eigenvalue weighted by Crippen LogP contribution is -2.02. The largest absolute Gasteiger partial charge is 0.380 e. The molecule has 0 spiro atoms. The summed E-state index contributed by atoms with van der Waals surface area (Å²) in [7, 11) is 1.88. The molecule has 0 radical (unpaired) electrons. The van der Waals surface area contributed by atoms with Crippen molar-refractivity contribution in [1.82, 2.24) is 4.57 Å². The van der Waals surface area contributed by atoms with Gasteiger partial charge in [0.15, 0.2) is 0 Å². The van der Waals surface area contributed by atoms with E-state index in [-0.39, 0.29) is 0 Å². The van der Waals surface area contributed by atoms with Gasteiger partial charge in [-0.15, -0.1) is 0 Å². The topological polar surface area (TPSA) is 40.8 Å². The number of nitriles is 1. The lowest BCUT2D eigenvalue weighted by Gasteiger charge is -2.09. The molecule has 0 saturated carbocycles. The maximum absolute atomic E-state index is 8.99. The fourth-order valence-electron chi connectivity index (χ4n) is 1.88. The number of hydrogen-bond donors (Lipinski definition) is 1. The Hall–Kier alpha value is -1.63. The van der Waals surface area contributed by atoms with E-state index < -0.39 is 0 Å². The van der Waals surface area contributed by atoms with Gasteiger partial charge in [0.25, 0.3) is 0 Å². The quantitative estimate of drug-likeness (QED) is 0.925. The normalized spacial score (nSPS) is 10.3. The highest BCUT2D eigenvalue weighted by Gasteiger charge is 2.09. The number of benzene rings is 1. The first-order chi connectivity index (χ1) is 9.04. The molecular formula is C14H13Cl2N3. The minimum Gasteiger partial charge on any atom is -0.380 e. The number of nitrogens with zero attached hydrogens (tertiary/aromatic N) is 2. The number of hydrogen-bond acceptors (Lipinski definition) is 2. The Labute approximate surface area is 122 Å². The molecule has 0 amide bonds. The molecule has 1 heterocycles. The zero-order valence-electron chi connectivity index (χ0n) is 10.7. The Morgan fingerprint density at radius 2 is 2.11 bits per heavy atom. The first-order valence-electron chi connectivity index (χ1n) is 5.77. The van der Waals surface area contributed by atoms with E-state index in [1.54, 1.807) is 6.07 Å². The molecular weight excluding hydrogens is 281 g/mol. The van der Waals surface area contributed by atoms with Crippen molar-refractivity contribution in [2.45, 2.75) is 13.5 Å². The third-order valence-electron chi connectivity index (χ3n) is 3.18. The van der Waals surface area contributed by atoms with Gasteiger partial charge in [0.05, 0.1) is 15.7 Å². The first-order valence-corrected chi connectivity index (χ1v) is 6.53. The average molecular weight is 294 g/mol. The molecule has 0 aliphatic rings. The summed E-state index contributed by atoms with van der Waals surface area (Å²) in [5, 5.41) is 13.3. The lowest BCUT2D eigenvalue weighted by molar-refractivity contribution is 0.856. The summed E-state index contributed by atoms with van der Waals surface area (Å²) in [6.07, 6.45) is 0. The van der Waals surface area contributed by atoms with Crippen molar-refractivity contribution >= 4 is 28.9 Å². The van der Waals surface area contributed by atoms with Gasteiger partial charge in [0.1, 0.15) is 11.8 Å². The van der Waals surface area contributed by atoms with Crippen LogP contribution in [0.3, 0.4) is 0 Å². The maximum atomic E-state index is 8.99. The van der Waals surface area contributed by atoms with Gasteiger partial charge < -0.3 is 9.88 Å². The van der Waals surface area contributed by atoms with Crippen molar-refractivity contribution in [3.63, 3.8) is 0 Å². The molecule has 0 saturated heterocycles. The minimum atomic E-state index is 0.512. The Kier molecular flexibility index (Phi) is 4.04. The summed E-state index contributed by atoms with van der Waals surface area (Å²) in [5.74, 6) is 0. The monoisotopic (exact) mass is 293 g/mol. The molecule has 0 bridgehead atoms. The van der Waals surface area contributed by atoms with E-state index in [0.717, 1.165) is 16.9 Å². The van der Waals surface area contributed by atoms with Crippen LogP contribution in [0.1, 0.15) is 17.0 Å². The van der Waals surface area contributed by atoms with Crippen molar-refractivity contribution in [2.24, 2.45) is 7.05 Å². The number of anilines is 1. The van der Waals surface area contributed by atoms with E-state index in [4.69, 9.17) is 28.5 Å². The standard InChI is InChI=1S/C14H13Cl2N3/c1-9-10(6-11(7-17)19(9)2)8-18-13-5-3-4-12(15)14(13)16/h3-6,18H,8H2,1-2H3. The number of nitrogens with one attached hydrogen (secondary N) is 1. The van der Waals surface area contributed by atoms with Gasteiger partial charge in [-0.05, 0) is 30.7 Å². The van der Waals surface area contributed by atoms with Crippen LogP contribution >= 0.6 is 23.2 Å². The van der Waals surface area contributed by atoms with Gasteiger partial charge in [0, 0.05) is 19.3 Å². The molecule has 0 aliphatic carbocycles. The Morgan fingerprint density at radius 1 is 1.37 bits per heavy atom. The molecule has 0 unspecified atom stereocenters. The van der Waals surface area contributed by atoms with E-state index in [1.165, 1.54) is 0 Å². The highest BCUT2D eigenvalue weighted by Crippen LogP contribution is 2.30. The van der Waals surface area contributed by atoms with E-state index in [9.17, 15) is 0 Å². The van der Waals surface area contributed by atoms with E-state index in [0.29, 0.717) is 22.3 Å². The molecule has 1 aromatic carbocycles. The molecule has 1 aromatic heterocycles. The third kappa shape index (κ3) is 2.70. The Morgan fingerprint density at radius 3 is 2.74 bits per heavy atom. The van der Waals surface area contributed by atoms with Crippen LogP contribution in [0.5, 0.6) is 0 Å². The van der Waals surface area contributed by atoms with E-state index >= 15 is 0 Å². The first kappa shape index (κ1) is 13.8. The predicted molar refractivity (Wildman–Crippen MR) is 78.7 cm³/mol. The number of halogens is 2. The van der Waals surface area contributed by atoms with Crippen molar-refractivity contribution < 1.29 is 0 Å². The van der Waals surface area contributed by atoms with E-state index in [1.807, 2.05) is 36.7 Å². The van der Waals surface area contributed by atoms with Crippen LogP contribution in [-0.2, 0) is 13.6 Å². The van der Waals surface area contributed by atoms with Gasteiger partial charge in [0.2, 0.25) is 0 Å². The molecule has 5 heteroatoms.